The predicted octanol–water partition coefficient (Wildman–Crippen LogP) is -0.787. The van der Waals surface area contributed by atoms with Gasteiger partial charge < -0.3 is 10.4 Å². The van der Waals surface area contributed by atoms with Gasteiger partial charge in [0.15, 0.2) is 0 Å². The van der Waals surface area contributed by atoms with Gasteiger partial charge in [0.05, 0.1) is 0 Å². The van der Waals surface area contributed by atoms with E-state index in [1.54, 1.807) is 6.92 Å². The van der Waals surface area contributed by atoms with E-state index in [9.17, 15) is 9.59 Å². The van der Waals surface area contributed by atoms with Crippen LogP contribution in [0.2, 0.25) is 0 Å². The SMILES string of the molecule is CCNC(=O)NC(=O)[C@@H](C)O. The number of carbonyl (C=O) groups is 2. The summed E-state index contributed by atoms with van der Waals surface area (Å²) in [6, 6.07) is -0.585. The molecule has 0 unspecified atom stereocenters. The Labute approximate surface area is 64.8 Å². The number of urea groups is 1. The van der Waals surface area contributed by atoms with Crippen molar-refractivity contribution in [2.45, 2.75) is 20.0 Å². The van der Waals surface area contributed by atoms with Gasteiger partial charge in [-0.25, -0.2) is 4.79 Å². The average molecular weight is 160 g/mol. The highest BCUT2D eigenvalue weighted by Crippen LogP contribution is 1.77. The van der Waals surface area contributed by atoms with Crippen LogP contribution in [-0.2, 0) is 4.79 Å². The molecule has 1 atom stereocenters. The lowest BCUT2D eigenvalue weighted by Crippen LogP contribution is -2.43. The van der Waals surface area contributed by atoms with Crippen LogP contribution in [0.25, 0.3) is 0 Å². The minimum Gasteiger partial charge on any atom is -0.384 e. The lowest BCUT2D eigenvalue weighted by molar-refractivity contribution is -0.127. The van der Waals surface area contributed by atoms with Crippen LogP contribution in [0.15, 0.2) is 0 Å². The molecule has 11 heavy (non-hydrogen) atoms. The van der Waals surface area contributed by atoms with Crippen molar-refractivity contribution >= 4 is 11.9 Å². The summed E-state index contributed by atoms with van der Waals surface area (Å²) < 4.78 is 0. The van der Waals surface area contributed by atoms with Crippen molar-refractivity contribution in [3.8, 4) is 0 Å². The molecule has 3 amide bonds. The first kappa shape index (κ1) is 9.90. The first-order chi connectivity index (χ1) is 5.07. The zero-order valence-electron chi connectivity index (χ0n) is 6.55. The number of nitrogens with one attached hydrogen (secondary N) is 2. The summed E-state index contributed by atoms with van der Waals surface area (Å²) in [7, 11) is 0. The van der Waals surface area contributed by atoms with Crippen LogP contribution in [0.3, 0.4) is 0 Å². The molecule has 3 N–H and O–H groups in total. The number of amides is 3. The third-order valence-electron chi connectivity index (χ3n) is 0.954. The maximum absolute atomic E-state index is 10.6. The molecule has 0 bridgehead atoms. The summed E-state index contributed by atoms with van der Waals surface area (Å²) in [5.41, 5.74) is 0. The summed E-state index contributed by atoms with van der Waals surface area (Å²) in [4.78, 5) is 21.2. The molecule has 5 nitrogen and oxygen atoms in total. The smallest absolute Gasteiger partial charge is 0.321 e. The number of rotatable bonds is 2. The summed E-state index contributed by atoms with van der Waals surface area (Å²) in [5, 5.41) is 12.9. The Morgan fingerprint density at radius 3 is 2.45 bits per heavy atom. The Kier molecular flexibility index (Phi) is 4.21. The van der Waals surface area contributed by atoms with Crippen LogP contribution in [0.1, 0.15) is 13.8 Å². The van der Waals surface area contributed by atoms with Crippen molar-refractivity contribution in [1.82, 2.24) is 10.6 Å². The average Bonchev–Trinajstić information content (AvgIpc) is 1.87. The van der Waals surface area contributed by atoms with E-state index in [4.69, 9.17) is 5.11 Å². The molecule has 0 aliphatic heterocycles. The number of hydrogen-bond acceptors (Lipinski definition) is 3. The summed E-state index contributed by atoms with van der Waals surface area (Å²) >= 11 is 0. The standard InChI is InChI=1S/C6H12N2O3/c1-3-7-6(11)8-5(10)4(2)9/h4,9H,3H2,1-2H3,(H2,7,8,10,11)/t4-/m1/s1. The lowest BCUT2D eigenvalue weighted by Gasteiger charge is -2.05. The fraction of sp³-hybridized carbons (Fsp3) is 0.667. The second kappa shape index (κ2) is 4.68. The summed E-state index contributed by atoms with van der Waals surface area (Å²) in [6.07, 6.45) is -1.15. The van der Waals surface area contributed by atoms with E-state index in [0.29, 0.717) is 6.54 Å². The number of aliphatic hydroxyl groups excluding tert-OH is 1. The molecule has 0 radical (unpaired) electrons. The number of aliphatic hydroxyl groups is 1. The van der Waals surface area contributed by atoms with E-state index >= 15 is 0 Å². The van der Waals surface area contributed by atoms with Gasteiger partial charge in [0, 0.05) is 6.54 Å². The number of hydrogen-bond donors (Lipinski definition) is 3. The number of imide groups is 1. The third kappa shape index (κ3) is 4.32. The molecule has 0 rings (SSSR count). The Hall–Kier alpha value is -1.10. The van der Waals surface area contributed by atoms with Crippen LogP contribution < -0.4 is 10.6 Å². The van der Waals surface area contributed by atoms with Crippen LogP contribution >= 0.6 is 0 Å². The summed E-state index contributed by atoms with van der Waals surface area (Å²) in [5.74, 6) is -0.698. The van der Waals surface area contributed by atoms with E-state index in [1.807, 2.05) is 5.32 Å². The molecule has 0 aromatic carbocycles. The first-order valence-corrected chi connectivity index (χ1v) is 3.34. The van der Waals surface area contributed by atoms with Gasteiger partial charge in [-0.2, -0.15) is 0 Å². The number of carbonyl (C=O) groups excluding carboxylic acids is 2. The second-order valence-electron chi connectivity index (χ2n) is 2.02. The molecule has 0 saturated carbocycles. The van der Waals surface area contributed by atoms with Gasteiger partial charge in [-0.05, 0) is 13.8 Å². The Morgan fingerprint density at radius 2 is 2.09 bits per heavy atom. The van der Waals surface area contributed by atoms with Crippen LogP contribution in [0.4, 0.5) is 4.79 Å². The molecule has 0 aromatic heterocycles. The molecule has 0 aliphatic rings. The maximum atomic E-state index is 10.6. The van der Waals surface area contributed by atoms with Crippen LogP contribution in [0, 0.1) is 0 Å². The highest BCUT2D eigenvalue weighted by atomic mass is 16.3. The summed E-state index contributed by atoms with van der Waals surface area (Å²) in [6.45, 7) is 3.46. The molecule has 5 heteroatoms. The largest absolute Gasteiger partial charge is 0.384 e. The molecule has 0 spiro atoms. The molecule has 64 valence electrons. The monoisotopic (exact) mass is 160 g/mol. The molecule has 0 saturated heterocycles. The quantitative estimate of drug-likeness (QED) is 0.495. The Bertz CT molecular complexity index is 156. The maximum Gasteiger partial charge on any atom is 0.321 e. The van der Waals surface area contributed by atoms with Crippen molar-refractivity contribution < 1.29 is 14.7 Å². The molecule has 0 aromatic rings. The molecular formula is C6H12N2O3. The van der Waals surface area contributed by atoms with Gasteiger partial charge in [-0.1, -0.05) is 0 Å². The van der Waals surface area contributed by atoms with Crippen LogP contribution in [-0.4, -0.2) is 29.7 Å². The van der Waals surface area contributed by atoms with Crippen molar-refractivity contribution in [3.63, 3.8) is 0 Å². The fourth-order valence-corrected chi connectivity index (χ4v) is 0.421. The van der Waals surface area contributed by atoms with Crippen molar-refractivity contribution in [2.75, 3.05) is 6.54 Å². The Morgan fingerprint density at radius 1 is 1.55 bits per heavy atom. The van der Waals surface area contributed by atoms with E-state index in [1.165, 1.54) is 6.92 Å². The molecule has 0 heterocycles. The normalized spacial score (nSPS) is 11.9. The van der Waals surface area contributed by atoms with Crippen LogP contribution in [0.5, 0.6) is 0 Å². The minimum atomic E-state index is -1.15. The van der Waals surface area contributed by atoms with E-state index < -0.39 is 18.0 Å². The lowest BCUT2D eigenvalue weighted by atomic mass is 10.4. The first-order valence-electron chi connectivity index (χ1n) is 3.34. The second-order valence-corrected chi connectivity index (χ2v) is 2.02. The van der Waals surface area contributed by atoms with E-state index in [0.717, 1.165) is 0 Å². The van der Waals surface area contributed by atoms with Gasteiger partial charge in [0.25, 0.3) is 5.91 Å². The zero-order chi connectivity index (χ0) is 8.85. The van der Waals surface area contributed by atoms with E-state index in [2.05, 4.69) is 5.32 Å². The fourth-order valence-electron chi connectivity index (χ4n) is 0.421. The molecule has 0 aliphatic carbocycles. The van der Waals surface area contributed by atoms with Gasteiger partial charge >= 0.3 is 6.03 Å². The van der Waals surface area contributed by atoms with Crippen molar-refractivity contribution in [3.05, 3.63) is 0 Å². The topological polar surface area (TPSA) is 78.4 Å². The van der Waals surface area contributed by atoms with Gasteiger partial charge in [0.1, 0.15) is 6.10 Å². The highest BCUT2D eigenvalue weighted by Gasteiger charge is 2.10. The highest BCUT2D eigenvalue weighted by molar-refractivity contribution is 5.96. The third-order valence-corrected chi connectivity index (χ3v) is 0.954. The van der Waals surface area contributed by atoms with Crippen molar-refractivity contribution in [2.24, 2.45) is 0 Å². The predicted molar refractivity (Wildman–Crippen MR) is 38.9 cm³/mol. The van der Waals surface area contributed by atoms with E-state index in [-0.39, 0.29) is 0 Å². The van der Waals surface area contributed by atoms with Gasteiger partial charge in [-0.3, -0.25) is 10.1 Å². The Balaban J connectivity index is 3.67. The molecular weight excluding hydrogens is 148 g/mol. The molecule has 0 fully saturated rings. The minimum absolute atomic E-state index is 0.443. The van der Waals surface area contributed by atoms with Gasteiger partial charge in [-0.15, -0.1) is 0 Å². The van der Waals surface area contributed by atoms with Crippen molar-refractivity contribution in [1.29, 1.82) is 0 Å². The van der Waals surface area contributed by atoms with Gasteiger partial charge in [0.2, 0.25) is 0 Å². The zero-order valence-corrected chi connectivity index (χ0v) is 6.55.